The van der Waals surface area contributed by atoms with E-state index in [0.717, 1.165) is 5.56 Å². The van der Waals surface area contributed by atoms with Crippen molar-refractivity contribution in [3.63, 3.8) is 0 Å². The number of nitrogens with zero attached hydrogens (tertiary/aromatic N) is 3. The molecule has 3 aromatic carbocycles. The molecule has 0 atom stereocenters. The summed E-state index contributed by atoms with van der Waals surface area (Å²) in [5.41, 5.74) is 3.94. The van der Waals surface area contributed by atoms with E-state index >= 15 is 0 Å². The van der Waals surface area contributed by atoms with E-state index in [0.29, 0.717) is 33.8 Å². The molecule has 0 saturated heterocycles. The van der Waals surface area contributed by atoms with Gasteiger partial charge >= 0.3 is 0 Å². The van der Waals surface area contributed by atoms with E-state index in [1.165, 1.54) is 18.3 Å². The van der Waals surface area contributed by atoms with Crippen LogP contribution in [-0.2, 0) is 0 Å². The lowest BCUT2D eigenvalue weighted by molar-refractivity contribution is -0.385. The monoisotopic (exact) mass is 399 g/mol. The predicted octanol–water partition coefficient (Wildman–Crippen LogP) is 5.83. The minimum atomic E-state index is -0.426. The number of allylic oxidation sites excluding steroid dienone is 1. The third kappa shape index (κ3) is 3.95. The van der Waals surface area contributed by atoms with Crippen molar-refractivity contribution in [2.75, 3.05) is 0 Å². The molecule has 4 aromatic rings. The normalized spacial score (nSPS) is 11.6. The molecule has 4 rings (SSSR count). The molecule has 30 heavy (non-hydrogen) atoms. The maximum absolute atomic E-state index is 11.1. The fraction of sp³-hybridized carbons (Fsp3) is 0.0435. The zero-order chi connectivity index (χ0) is 21.1. The second kappa shape index (κ2) is 8.00. The highest BCUT2D eigenvalue weighted by Gasteiger charge is 2.13. The minimum Gasteiger partial charge on any atom is -0.507 e. The summed E-state index contributed by atoms with van der Waals surface area (Å²) in [6, 6.07) is 17.0. The van der Waals surface area contributed by atoms with Gasteiger partial charge in [-0.05, 0) is 61.0 Å². The standard InChI is InChI=1S/C23H17N3O4/c1-15-8-11-22-19(13-15)25-23(30-22)18-14-17(9-10-21(18)27)24-12-4-6-16-5-2-3-7-20(16)26(28)29/h2-14,27H,1H3. The molecular weight excluding hydrogens is 382 g/mol. The molecule has 0 amide bonds. The van der Waals surface area contributed by atoms with Crippen LogP contribution in [0.3, 0.4) is 0 Å². The van der Waals surface area contributed by atoms with Gasteiger partial charge in [-0.25, -0.2) is 4.98 Å². The zero-order valence-corrected chi connectivity index (χ0v) is 16.0. The van der Waals surface area contributed by atoms with Crippen LogP contribution in [0, 0.1) is 17.0 Å². The van der Waals surface area contributed by atoms with Crippen molar-refractivity contribution >= 4 is 34.8 Å². The highest BCUT2D eigenvalue weighted by Crippen LogP contribution is 2.34. The van der Waals surface area contributed by atoms with Crippen LogP contribution in [0.4, 0.5) is 11.4 Å². The van der Waals surface area contributed by atoms with Gasteiger partial charge in [0.2, 0.25) is 5.89 Å². The SMILES string of the molecule is Cc1ccc2oc(-c3cc(N=CC=Cc4ccccc4[N+](=O)[O-])ccc3O)nc2c1. The maximum atomic E-state index is 11.1. The molecule has 7 heteroatoms. The number of oxazole rings is 1. The van der Waals surface area contributed by atoms with Crippen molar-refractivity contribution < 1.29 is 14.4 Å². The summed E-state index contributed by atoms with van der Waals surface area (Å²) in [6.45, 7) is 1.97. The highest BCUT2D eigenvalue weighted by molar-refractivity contribution is 5.83. The molecular formula is C23H17N3O4. The van der Waals surface area contributed by atoms with Gasteiger partial charge in [-0.1, -0.05) is 18.2 Å². The predicted molar refractivity (Wildman–Crippen MR) is 116 cm³/mol. The van der Waals surface area contributed by atoms with E-state index in [9.17, 15) is 15.2 Å². The Labute approximate surface area is 171 Å². The Kier molecular flexibility index (Phi) is 5.09. The van der Waals surface area contributed by atoms with Crippen LogP contribution >= 0.6 is 0 Å². The third-order valence-corrected chi connectivity index (χ3v) is 4.47. The van der Waals surface area contributed by atoms with E-state index in [-0.39, 0.29) is 11.4 Å². The maximum Gasteiger partial charge on any atom is 0.276 e. The Morgan fingerprint density at radius 1 is 1.13 bits per heavy atom. The van der Waals surface area contributed by atoms with Gasteiger partial charge in [-0.15, -0.1) is 0 Å². The van der Waals surface area contributed by atoms with Gasteiger partial charge in [0.05, 0.1) is 21.7 Å². The number of phenolic OH excluding ortho intramolecular Hbond substituents is 1. The fourth-order valence-corrected chi connectivity index (χ4v) is 3.00. The van der Waals surface area contributed by atoms with Crippen LogP contribution in [0.1, 0.15) is 11.1 Å². The first kappa shape index (κ1) is 19.1. The Balaban J connectivity index is 1.59. The molecule has 0 fully saturated rings. The van der Waals surface area contributed by atoms with Crippen LogP contribution < -0.4 is 0 Å². The lowest BCUT2D eigenvalue weighted by Gasteiger charge is -2.01. The van der Waals surface area contributed by atoms with E-state index in [1.54, 1.807) is 42.5 Å². The summed E-state index contributed by atoms with van der Waals surface area (Å²) >= 11 is 0. The van der Waals surface area contributed by atoms with E-state index in [2.05, 4.69) is 9.98 Å². The third-order valence-electron chi connectivity index (χ3n) is 4.47. The van der Waals surface area contributed by atoms with Crippen molar-refractivity contribution in [3.8, 4) is 17.2 Å². The van der Waals surface area contributed by atoms with Gasteiger partial charge in [0, 0.05) is 12.3 Å². The number of hydrogen-bond donors (Lipinski definition) is 1. The van der Waals surface area contributed by atoms with Crippen molar-refractivity contribution in [1.29, 1.82) is 0 Å². The quantitative estimate of drug-likeness (QED) is 0.258. The second-order valence-electron chi connectivity index (χ2n) is 6.64. The molecule has 0 aliphatic heterocycles. The molecule has 1 N–H and O–H groups in total. The molecule has 148 valence electrons. The number of aliphatic imine (C=N–C) groups is 1. The number of aryl methyl sites for hydroxylation is 1. The van der Waals surface area contributed by atoms with Gasteiger partial charge in [0.15, 0.2) is 5.58 Å². The number of aromatic nitrogens is 1. The van der Waals surface area contributed by atoms with Gasteiger partial charge < -0.3 is 9.52 Å². The Morgan fingerprint density at radius 3 is 2.80 bits per heavy atom. The molecule has 0 bridgehead atoms. The lowest BCUT2D eigenvalue weighted by atomic mass is 10.1. The first-order valence-corrected chi connectivity index (χ1v) is 9.16. The number of benzene rings is 3. The number of aromatic hydroxyl groups is 1. The van der Waals surface area contributed by atoms with E-state index in [1.807, 2.05) is 25.1 Å². The fourth-order valence-electron chi connectivity index (χ4n) is 3.00. The summed E-state index contributed by atoms with van der Waals surface area (Å²) in [6.07, 6.45) is 4.77. The Hall–Kier alpha value is -4.26. The Morgan fingerprint density at radius 2 is 1.97 bits per heavy atom. The summed E-state index contributed by atoms with van der Waals surface area (Å²) in [5, 5.41) is 21.3. The van der Waals surface area contributed by atoms with Crippen LogP contribution in [0.5, 0.6) is 5.75 Å². The molecule has 7 nitrogen and oxygen atoms in total. The molecule has 0 aliphatic rings. The lowest BCUT2D eigenvalue weighted by Crippen LogP contribution is -1.90. The van der Waals surface area contributed by atoms with Gasteiger partial charge in [-0.2, -0.15) is 0 Å². The minimum absolute atomic E-state index is 0.0280. The summed E-state index contributed by atoms with van der Waals surface area (Å²) in [7, 11) is 0. The highest BCUT2D eigenvalue weighted by atomic mass is 16.6. The summed E-state index contributed by atoms with van der Waals surface area (Å²) in [4.78, 5) is 19.4. The molecule has 0 unspecified atom stereocenters. The van der Waals surface area contributed by atoms with E-state index in [4.69, 9.17) is 4.42 Å². The van der Waals surface area contributed by atoms with Crippen molar-refractivity contribution in [1.82, 2.24) is 4.98 Å². The first-order valence-electron chi connectivity index (χ1n) is 9.16. The van der Waals surface area contributed by atoms with Crippen LogP contribution in [0.15, 0.2) is 76.1 Å². The Bertz CT molecular complexity index is 1310. The molecule has 0 spiro atoms. The number of nitro benzene ring substituents is 1. The second-order valence-corrected chi connectivity index (χ2v) is 6.64. The van der Waals surface area contributed by atoms with E-state index < -0.39 is 4.92 Å². The molecule has 0 aliphatic carbocycles. The first-order chi connectivity index (χ1) is 14.5. The summed E-state index contributed by atoms with van der Waals surface area (Å²) < 4.78 is 5.76. The van der Waals surface area contributed by atoms with Gasteiger partial charge in [0.25, 0.3) is 5.69 Å². The number of hydrogen-bond acceptors (Lipinski definition) is 6. The number of rotatable bonds is 5. The average Bonchev–Trinajstić information content (AvgIpc) is 3.15. The zero-order valence-electron chi connectivity index (χ0n) is 16.0. The number of para-hydroxylation sites is 1. The number of fused-ring (bicyclic) bond motifs is 1. The largest absolute Gasteiger partial charge is 0.507 e. The molecule has 1 heterocycles. The molecule has 1 aromatic heterocycles. The summed E-state index contributed by atoms with van der Waals surface area (Å²) in [5.74, 6) is 0.341. The van der Waals surface area contributed by atoms with Crippen LogP contribution in [0.25, 0.3) is 28.6 Å². The van der Waals surface area contributed by atoms with Crippen LogP contribution in [0.2, 0.25) is 0 Å². The van der Waals surface area contributed by atoms with Crippen LogP contribution in [-0.4, -0.2) is 21.2 Å². The topological polar surface area (TPSA) is 102 Å². The van der Waals surface area contributed by atoms with Gasteiger partial charge in [0.1, 0.15) is 11.3 Å². The molecule has 0 saturated carbocycles. The van der Waals surface area contributed by atoms with Gasteiger partial charge in [-0.3, -0.25) is 15.1 Å². The smallest absolute Gasteiger partial charge is 0.276 e. The number of nitro groups is 1. The number of phenols is 1. The molecule has 0 radical (unpaired) electrons. The van der Waals surface area contributed by atoms with Crippen molar-refractivity contribution in [2.24, 2.45) is 4.99 Å². The van der Waals surface area contributed by atoms with Crippen molar-refractivity contribution in [3.05, 3.63) is 88.0 Å². The van der Waals surface area contributed by atoms with Crippen molar-refractivity contribution in [2.45, 2.75) is 6.92 Å². The average molecular weight is 399 g/mol.